The molecule has 0 saturated carbocycles. The van der Waals surface area contributed by atoms with Crippen LogP contribution in [0.2, 0.25) is 0 Å². The van der Waals surface area contributed by atoms with Crippen LogP contribution < -0.4 is 11.2 Å². The van der Waals surface area contributed by atoms with Gasteiger partial charge in [-0.3, -0.25) is 14.3 Å². The molecule has 0 spiro atoms. The van der Waals surface area contributed by atoms with E-state index in [4.69, 9.17) is 9.47 Å². The van der Waals surface area contributed by atoms with E-state index < -0.39 is 35.4 Å². The Morgan fingerprint density at radius 3 is 2.58 bits per heavy atom. The number of aryl methyl sites for hydroxylation is 1. The van der Waals surface area contributed by atoms with Crippen molar-refractivity contribution < 1.29 is 13.9 Å². The molecule has 3 rings (SSSR count). The van der Waals surface area contributed by atoms with Gasteiger partial charge in [-0.05, 0) is 25.8 Å². The number of alkyl halides is 1. The highest BCUT2D eigenvalue weighted by molar-refractivity contribution is 5.20. The minimum absolute atomic E-state index is 0.248. The zero-order valence-electron chi connectivity index (χ0n) is 15.1. The third-order valence-corrected chi connectivity index (χ3v) is 4.74. The maximum atomic E-state index is 15.6. The second-order valence-electron chi connectivity index (χ2n) is 6.82. The van der Waals surface area contributed by atoms with E-state index in [0.29, 0.717) is 6.42 Å². The lowest BCUT2D eigenvalue weighted by molar-refractivity contribution is -0.0627. The van der Waals surface area contributed by atoms with Gasteiger partial charge in [0, 0.05) is 12.3 Å². The molecule has 4 atom stereocenters. The van der Waals surface area contributed by atoms with E-state index in [0.717, 1.165) is 15.7 Å². The molecule has 26 heavy (non-hydrogen) atoms. The molecule has 1 aromatic heterocycles. The number of benzene rings is 1. The van der Waals surface area contributed by atoms with Crippen molar-refractivity contribution in [2.75, 3.05) is 0 Å². The number of H-pyrrole nitrogens is 1. The van der Waals surface area contributed by atoms with Crippen molar-refractivity contribution in [3.05, 3.63) is 68.5 Å². The highest BCUT2D eigenvalue weighted by Gasteiger charge is 2.56. The Hall–Kier alpha value is -2.25. The van der Waals surface area contributed by atoms with Crippen LogP contribution in [0.15, 0.2) is 46.1 Å². The number of ether oxygens (including phenoxy) is 2. The second-order valence-corrected chi connectivity index (χ2v) is 6.82. The summed E-state index contributed by atoms with van der Waals surface area (Å²) in [7, 11) is 0. The van der Waals surface area contributed by atoms with Gasteiger partial charge < -0.3 is 9.47 Å². The largest absolute Gasteiger partial charge is 0.367 e. The van der Waals surface area contributed by atoms with Gasteiger partial charge in [0.25, 0.3) is 5.56 Å². The predicted octanol–water partition coefficient (Wildman–Crippen LogP) is 2.47. The summed E-state index contributed by atoms with van der Waals surface area (Å²) >= 11 is 0. The van der Waals surface area contributed by atoms with Crippen molar-refractivity contribution in [2.45, 2.75) is 57.9 Å². The number of hydrogen-bond acceptors (Lipinski definition) is 4. The van der Waals surface area contributed by atoms with Crippen LogP contribution in [0.25, 0.3) is 0 Å². The van der Waals surface area contributed by atoms with Crippen LogP contribution in [-0.2, 0) is 16.1 Å². The molecule has 0 amide bonds. The van der Waals surface area contributed by atoms with Crippen LogP contribution in [0.5, 0.6) is 0 Å². The molecule has 1 N–H and O–H groups in total. The molecule has 0 unspecified atom stereocenters. The van der Waals surface area contributed by atoms with Crippen molar-refractivity contribution in [3.8, 4) is 0 Å². The average Bonchev–Trinajstić information content (AvgIpc) is 2.85. The van der Waals surface area contributed by atoms with E-state index in [1.807, 2.05) is 38.1 Å². The maximum absolute atomic E-state index is 15.6. The van der Waals surface area contributed by atoms with Crippen molar-refractivity contribution in [2.24, 2.45) is 0 Å². The number of hydrogen-bond donors (Lipinski definition) is 1. The van der Waals surface area contributed by atoms with Crippen molar-refractivity contribution in [1.82, 2.24) is 9.55 Å². The quantitative estimate of drug-likeness (QED) is 0.887. The van der Waals surface area contributed by atoms with Gasteiger partial charge in [-0.15, -0.1) is 0 Å². The molecule has 2 aromatic rings. The maximum Gasteiger partial charge on any atom is 0.330 e. The number of aromatic nitrogens is 2. The third-order valence-electron chi connectivity index (χ3n) is 4.74. The Balaban J connectivity index is 1.84. The summed E-state index contributed by atoms with van der Waals surface area (Å²) in [5.74, 6) is 0. The van der Waals surface area contributed by atoms with Crippen molar-refractivity contribution >= 4 is 0 Å². The normalized spacial score (nSPS) is 28.4. The van der Waals surface area contributed by atoms with Crippen molar-refractivity contribution in [3.63, 3.8) is 0 Å². The molecular weight excluding hydrogens is 339 g/mol. The van der Waals surface area contributed by atoms with Crippen molar-refractivity contribution in [1.29, 1.82) is 0 Å². The lowest BCUT2D eigenvalue weighted by atomic mass is 9.96. The van der Waals surface area contributed by atoms with Gasteiger partial charge in [-0.1, -0.05) is 36.8 Å². The molecule has 6 nitrogen and oxygen atoms in total. The monoisotopic (exact) mass is 362 g/mol. The van der Waals surface area contributed by atoms with E-state index >= 15 is 4.39 Å². The molecule has 1 aliphatic rings. The molecule has 1 aromatic carbocycles. The predicted molar refractivity (Wildman–Crippen MR) is 94.8 cm³/mol. The summed E-state index contributed by atoms with van der Waals surface area (Å²) in [4.78, 5) is 25.4. The Morgan fingerprint density at radius 2 is 1.96 bits per heavy atom. The highest BCUT2D eigenvalue weighted by atomic mass is 19.1. The lowest BCUT2D eigenvalue weighted by Gasteiger charge is -2.28. The second kappa shape index (κ2) is 7.17. The Morgan fingerprint density at radius 1 is 1.27 bits per heavy atom. The number of halogens is 1. The van der Waals surface area contributed by atoms with Gasteiger partial charge in [0.05, 0.1) is 12.7 Å². The smallest absolute Gasteiger partial charge is 0.330 e. The zero-order chi connectivity index (χ0) is 18.9. The molecule has 1 fully saturated rings. The molecule has 1 saturated heterocycles. The van der Waals surface area contributed by atoms with Crippen LogP contribution in [0.3, 0.4) is 0 Å². The zero-order valence-corrected chi connectivity index (χ0v) is 15.1. The minimum Gasteiger partial charge on any atom is -0.367 e. The molecular formula is C19H23FN2O4. The van der Waals surface area contributed by atoms with Gasteiger partial charge in [0.15, 0.2) is 11.9 Å². The van der Waals surface area contributed by atoms with Gasteiger partial charge in [0.2, 0.25) is 0 Å². The summed E-state index contributed by atoms with van der Waals surface area (Å²) in [5.41, 5.74) is -1.11. The van der Waals surface area contributed by atoms with E-state index in [1.54, 1.807) is 0 Å². The Bertz CT molecular complexity index is 872. The highest BCUT2D eigenvalue weighted by Crippen LogP contribution is 2.43. The first-order chi connectivity index (χ1) is 12.3. The number of aromatic amines is 1. The third kappa shape index (κ3) is 3.50. The Kier molecular flexibility index (Phi) is 5.11. The van der Waals surface area contributed by atoms with E-state index in [-0.39, 0.29) is 6.61 Å². The number of rotatable bonds is 5. The number of nitrogens with one attached hydrogen (secondary N) is 1. The van der Waals surface area contributed by atoms with Gasteiger partial charge in [-0.25, -0.2) is 9.18 Å². The average molecular weight is 362 g/mol. The lowest BCUT2D eigenvalue weighted by Crippen LogP contribution is -2.44. The fourth-order valence-electron chi connectivity index (χ4n) is 3.27. The van der Waals surface area contributed by atoms with Gasteiger partial charge in [0.1, 0.15) is 6.10 Å². The standard InChI is InChI=1S/C19H23FN2O4/c1-4-14-16(25-11-13-7-5-12(2)6-8-13)19(3,20)17(26-14)22-10-9-15(23)21-18(22)24/h5-10,14,16-17H,4,11H2,1-3H3,(H,21,23,24)/t14-,16-,17-,19-/m1/s1. The molecule has 7 heteroatoms. The summed E-state index contributed by atoms with van der Waals surface area (Å²) in [6, 6.07) is 8.98. The number of nitrogens with zero attached hydrogens (tertiary/aromatic N) is 1. The van der Waals surface area contributed by atoms with Crippen LogP contribution in [0.4, 0.5) is 4.39 Å². The molecule has 1 aliphatic heterocycles. The first-order valence-corrected chi connectivity index (χ1v) is 8.66. The SMILES string of the molecule is CC[C@H]1O[C@@H](n2ccc(=O)[nH]c2=O)[C@](C)(F)[C@@H]1OCc1ccc(C)cc1. The van der Waals surface area contributed by atoms with Gasteiger partial charge >= 0.3 is 5.69 Å². The molecule has 0 aliphatic carbocycles. The first-order valence-electron chi connectivity index (χ1n) is 8.66. The van der Waals surface area contributed by atoms with E-state index in [2.05, 4.69) is 4.98 Å². The first kappa shape index (κ1) is 18.5. The summed E-state index contributed by atoms with van der Waals surface area (Å²) in [6.07, 6.45) is -0.720. The summed E-state index contributed by atoms with van der Waals surface area (Å²) in [5, 5.41) is 0. The summed E-state index contributed by atoms with van der Waals surface area (Å²) in [6.45, 7) is 5.48. The molecule has 0 radical (unpaired) electrons. The molecule has 0 bridgehead atoms. The van der Waals surface area contributed by atoms with Gasteiger partial charge in [-0.2, -0.15) is 0 Å². The molecule has 2 heterocycles. The van der Waals surface area contributed by atoms with E-state index in [9.17, 15) is 9.59 Å². The van der Waals surface area contributed by atoms with E-state index in [1.165, 1.54) is 19.2 Å². The Labute approximate surface area is 150 Å². The van der Waals surface area contributed by atoms with Crippen LogP contribution >= 0.6 is 0 Å². The van der Waals surface area contributed by atoms with Crippen LogP contribution in [-0.4, -0.2) is 27.4 Å². The fourth-order valence-corrected chi connectivity index (χ4v) is 3.27. The fraction of sp³-hybridized carbons (Fsp3) is 0.474. The topological polar surface area (TPSA) is 73.3 Å². The molecule has 140 valence electrons. The van der Waals surface area contributed by atoms with Crippen LogP contribution in [0.1, 0.15) is 37.6 Å². The summed E-state index contributed by atoms with van der Waals surface area (Å²) < 4.78 is 28.3. The van der Waals surface area contributed by atoms with Crippen LogP contribution in [0, 0.1) is 6.92 Å². The minimum atomic E-state index is -1.94.